The highest BCUT2D eigenvalue weighted by Crippen LogP contribution is 2.27. The van der Waals surface area contributed by atoms with E-state index < -0.39 is 0 Å². The molecule has 1 aliphatic heterocycles. The first kappa shape index (κ1) is 11.3. The van der Waals surface area contributed by atoms with Gasteiger partial charge >= 0.3 is 0 Å². The van der Waals surface area contributed by atoms with Gasteiger partial charge in [-0.3, -0.25) is 0 Å². The minimum Gasteiger partial charge on any atom is -0.305 e. The number of rotatable bonds is 4. The molecule has 2 nitrogen and oxygen atoms in total. The second-order valence-electron chi connectivity index (χ2n) is 4.89. The molecular formula is C14H19NO. The molecule has 0 saturated carbocycles. The summed E-state index contributed by atoms with van der Waals surface area (Å²) in [6.07, 6.45) is 1.62. The lowest BCUT2D eigenvalue weighted by Gasteiger charge is -2.36. The zero-order valence-electron chi connectivity index (χ0n) is 10.0. The first-order valence-corrected chi connectivity index (χ1v) is 5.92. The number of carbonyl (C=O) groups excluding carboxylic acids is 1. The molecule has 2 rings (SSSR count). The van der Waals surface area contributed by atoms with E-state index in [4.69, 9.17) is 0 Å². The van der Waals surface area contributed by atoms with E-state index in [0.29, 0.717) is 18.3 Å². The Morgan fingerprint density at radius 3 is 2.50 bits per heavy atom. The van der Waals surface area contributed by atoms with Crippen LogP contribution in [0.4, 0.5) is 0 Å². The third-order valence-corrected chi connectivity index (χ3v) is 3.49. The Hall–Kier alpha value is -1.15. The minimum atomic E-state index is 0.343. The molecule has 1 atom stereocenters. The maximum Gasteiger partial charge on any atom is 0.120 e. The molecule has 86 valence electrons. The van der Waals surface area contributed by atoms with Gasteiger partial charge in [-0.25, -0.2) is 0 Å². The molecule has 0 N–H and O–H groups in total. The molecule has 1 fully saturated rings. The highest BCUT2D eigenvalue weighted by atomic mass is 16.1. The number of carbonyl (C=O) groups is 1. The van der Waals surface area contributed by atoms with Crippen molar-refractivity contribution < 1.29 is 4.79 Å². The second kappa shape index (κ2) is 4.79. The van der Waals surface area contributed by atoms with Gasteiger partial charge in [0.05, 0.1) is 0 Å². The monoisotopic (exact) mass is 217 g/mol. The Morgan fingerprint density at radius 2 is 2.00 bits per heavy atom. The Bertz CT molecular complexity index is 352. The van der Waals surface area contributed by atoms with E-state index >= 15 is 0 Å². The summed E-state index contributed by atoms with van der Waals surface area (Å²) in [6.45, 7) is 4.44. The summed E-state index contributed by atoms with van der Waals surface area (Å²) in [4.78, 5) is 12.8. The highest BCUT2D eigenvalue weighted by Gasteiger charge is 2.24. The van der Waals surface area contributed by atoms with Crippen molar-refractivity contribution in [2.45, 2.75) is 25.2 Å². The van der Waals surface area contributed by atoms with Gasteiger partial charge in [0.2, 0.25) is 0 Å². The summed E-state index contributed by atoms with van der Waals surface area (Å²) in [5.74, 6) is 1.05. The lowest BCUT2D eigenvalue weighted by atomic mass is 9.89. The number of hydrogen-bond donors (Lipinski definition) is 0. The van der Waals surface area contributed by atoms with Crippen LogP contribution >= 0.6 is 0 Å². The largest absolute Gasteiger partial charge is 0.305 e. The Balaban J connectivity index is 2.01. The first-order valence-electron chi connectivity index (χ1n) is 5.92. The van der Waals surface area contributed by atoms with Crippen molar-refractivity contribution in [2.75, 3.05) is 20.1 Å². The average molecular weight is 217 g/mol. The third kappa shape index (κ3) is 2.33. The normalized spacial score (nSPS) is 19.1. The van der Waals surface area contributed by atoms with Crippen molar-refractivity contribution in [3.8, 4) is 0 Å². The fourth-order valence-electron chi connectivity index (χ4n) is 2.29. The summed E-state index contributed by atoms with van der Waals surface area (Å²) < 4.78 is 0. The molecule has 1 aromatic rings. The van der Waals surface area contributed by atoms with Crippen LogP contribution < -0.4 is 0 Å². The number of aldehydes is 1. The van der Waals surface area contributed by atoms with Gasteiger partial charge in [-0.05, 0) is 24.1 Å². The van der Waals surface area contributed by atoms with Gasteiger partial charge in [-0.15, -0.1) is 0 Å². The predicted molar refractivity (Wildman–Crippen MR) is 65.8 cm³/mol. The molecule has 0 aromatic heterocycles. The summed E-state index contributed by atoms with van der Waals surface area (Å²) in [7, 11) is 2.15. The number of hydrogen-bond acceptors (Lipinski definition) is 2. The van der Waals surface area contributed by atoms with Crippen LogP contribution in [0.1, 0.15) is 36.3 Å². The molecular weight excluding hydrogens is 198 g/mol. The zero-order valence-corrected chi connectivity index (χ0v) is 10.0. The Labute approximate surface area is 97.3 Å². The lowest BCUT2D eigenvalue weighted by molar-refractivity contribution is -0.108. The maximum absolute atomic E-state index is 10.4. The van der Waals surface area contributed by atoms with Gasteiger partial charge in [-0.1, -0.05) is 31.2 Å². The number of nitrogens with zero attached hydrogens (tertiary/aromatic N) is 1. The molecule has 16 heavy (non-hydrogen) atoms. The van der Waals surface area contributed by atoms with Crippen molar-refractivity contribution >= 4 is 6.29 Å². The van der Waals surface area contributed by atoms with E-state index in [0.717, 1.165) is 6.29 Å². The molecule has 1 aliphatic rings. The third-order valence-electron chi connectivity index (χ3n) is 3.49. The minimum absolute atomic E-state index is 0.343. The first-order chi connectivity index (χ1) is 7.70. The van der Waals surface area contributed by atoms with E-state index in [1.165, 1.54) is 24.2 Å². The van der Waals surface area contributed by atoms with Crippen molar-refractivity contribution in [1.29, 1.82) is 0 Å². The topological polar surface area (TPSA) is 20.3 Å². The Morgan fingerprint density at radius 1 is 1.38 bits per heavy atom. The zero-order chi connectivity index (χ0) is 11.5. The standard InChI is InChI=1S/C14H19NO/c1-11(7-8-16)12-3-5-13(6-4-12)14-9-15(2)10-14/h3-6,8,11,14H,7,9-10H2,1-2H3. The van der Waals surface area contributed by atoms with Gasteiger partial charge in [0.1, 0.15) is 6.29 Å². The molecule has 0 spiro atoms. The van der Waals surface area contributed by atoms with Crippen LogP contribution in [0.5, 0.6) is 0 Å². The van der Waals surface area contributed by atoms with E-state index in [1.807, 2.05) is 0 Å². The lowest BCUT2D eigenvalue weighted by Crippen LogP contribution is -2.41. The second-order valence-corrected chi connectivity index (χ2v) is 4.89. The molecule has 1 unspecified atom stereocenters. The smallest absolute Gasteiger partial charge is 0.120 e. The van der Waals surface area contributed by atoms with E-state index in [2.05, 4.69) is 43.1 Å². The average Bonchev–Trinajstić information content (AvgIpc) is 2.25. The van der Waals surface area contributed by atoms with Crippen molar-refractivity contribution in [3.63, 3.8) is 0 Å². The van der Waals surface area contributed by atoms with Crippen LogP contribution in [-0.2, 0) is 4.79 Å². The molecule has 1 saturated heterocycles. The molecule has 1 heterocycles. The van der Waals surface area contributed by atoms with Gasteiger partial charge < -0.3 is 9.69 Å². The van der Waals surface area contributed by atoms with Gasteiger partial charge in [-0.2, -0.15) is 0 Å². The van der Waals surface area contributed by atoms with Crippen LogP contribution in [0.25, 0.3) is 0 Å². The number of likely N-dealkylation sites (tertiary alicyclic amines) is 1. The van der Waals surface area contributed by atoms with E-state index in [9.17, 15) is 4.79 Å². The summed E-state index contributed by atoms with van der Waals surface area (Å²) in [5.41, 5.74) is 2.70. The molecule has 2 heteroatoms. The predicted octanol–water partition coefficient (Wildman–Crippen LogP) is 2.41. The summed E-state index contributed by atoms with van der Waals surface area (Å²) >= 11 is 0. The van der Waals surface area contributed by atoms with Crippen LogP contribution in [-0.4, -0.2) is 31.3 Å². The van der Waals surface area contributed by atoms with Crippen molar-refractivity contribution in [3.05, 3.63) is 35.4 Å². The van der Waals surface area contributed by atoms with Crippen LogP contribution in [0.2, 0.25) is 0 Å². The SMILES string of the molecule is CC(CC=O)c1ccc(C2CN(C)C2)cc1. The maximum atomic E-state index is 10.4. The van der Waals surface area contributed by atoms with Crippen LogP contribution in [0.15, 0.2) is 24.3 Å². The van der Waals surface area contributed by atoms with Crippen molar-refractivity contribution in [1.82, 2.24) is 4.90 Å². The van der Waals surface area contributed by atoms with Crippen molar-refractivity contribution in [2.24, 2.45) is 0 Å². The quantitative estimate of drug-likeness (QED) is 0.722. The van der Waals surface area contributed by atoms with Crippen LogP contribution in [0, 0.1) is 0 Å². The fraction of sp³-hybridized carbons (Fsp3) is 0.500. The summed E-state index contributed by atoms with van der Waals surface area (Å²) in [6, 6.07) is 8.77. The van der Waals surface area contributed by atoms with E-state index in [-0.39, 0.29) is 0 Å². The summed E-state index contributed by atoms with van der Waals surface area (Å²) in [5, 5.41) is 0. The van der Waals surface area contributed by atoms with Crippen LogP contribution in [0.3, 0.4) is 0 Å². The fourth-order valence-corrected chi connectivity index (χ4v) is 2.29. The Kier molecular flexibility index (Phi) is 3.39. The molecule has 0 bridgehead atoms. The molecule has 1 aromatic carbocycles. The van der Waals surface area contributed by atoms with Gasteiger partial charge in [0, 0.05) is 25.4 Å². The molecule has 0 radical (unpaired) electrons. The number of likely N-dealkylation sites (N-methyl/N-ethyl adjacent to an activating group) is 1. The molecule has 0 aliphatic carbocycles. The molecule has 0 amide bonds. The van der Waals surface area contributed by atoms with Gasteiger partial charge in [0.25, 0.3) is 0 Å². The highest BCUT2D eigenvalue weighted by molar-refractivity contribution is 5.51. The number of benzene rings is 1. The van der Waals surface area contributed by atoms with E-state index in [1.54, 1.807) is 0 Å². The van der Waals surface area contributed by atoms with Gasteiger partial charge in [0.15, 0.2) is 0 Å².